The Balaban J connectivity index is 1.97. The van der Waals surface area contributed by atoms with E-state index in [1.165, 1.54) is 18.4 Å². The Bertz CT molecular complexity index is 378. The number of pyridine rings is 1. The molecule has 1 aliphatic carbocycles. The minimum absolute atomic E-state index is 0.594. The highest BCUT2D eigenvalue weighted by atomic mass is 15.2. The summed E-state index contributed by atoms with van der Waals surface area (Å²) in [5.41, 5.74) is 1.28. The Morgan fingerprint density at radius 1 is 1.47 bits per heavy atom. The van der Waals surface area contributed by atoms with Crippen molar-refractivity contribution in [1.29, 1.82) is 5.26 Å². The van der Waals surface area contributed by atoms with Crippen molar-refractivity contribution in [1.82, 2.24) is 9.88 Å². The molecule has 1 aromatic heterocycles. The van der Waals surface area contributed by atoms with Crippen LogP contribution in [0.1, 0.15) is 31.7 Å². The van der Waals surface area contributed by atoms with Crippen LogP contribution in [0, 0.1) is 17.2 Å². The summed E-state index contributed by atoms with van der Waals surface area (Å²) >= 11 is 0. The molecule has 1 fully saturated rings. The standard InChI is InChI=1S/C14H19N3/c1-12(14-3-4-14)17(10-2-7-15)11-13-5-8-16-9-6-13/h5-6,8-9,12,14H,2-4,10-11H2,1H3/t12-/m1/s1. The molecule has 0 saturated heterocycles. The topological polar surface area (TPSA) is 39.9 Å². The fourth-order valence-corrected chi connectivity index (χ4v) is 2.22. The second-order valence-electron chi connectivity index (χ2n) is 4.81. The van der Waals surface area contributed by atoms with Crippen LogP contribution in [0.4, 0.5) is 0 Å². The van der Waals surface area contributed by atoms with E-state index in [9.17, 15) is 0 Å². The predicted molar refractivity (Wildman–Crippen MR) is 67.1 cm³/mol. The van der Waals surface area contributed by atoms with Gasteiger partial charge in [-0.1, -0.05) is 0 Å². The van der Waals surface area contributed by atoms with Gasteiger partial charge in [-0.25, -0.2) is 0 Å². The van der Waals surface area contributed by atoms with Crippen molar-refractivity contribution >= 4 is 0 Å². The van der Waals surface area contributed by atoms with Crippen LogP contribution in [0.25, 0.3) is 0 Å². The van der Waals surface area contributed by atoms with E-state index in [1.807, 2.05) is 12.4 Å². The minimum Gasteiger partial charge on any atom is -0.295 e. The first-order chi connectivity index (χ1) is 8.31. The van der Waals surface area contributed by atoms with Crippen molar-refractivity contribution in [3.8, 4) is 6.07 Å². The molecule has 90 valence electrons. The van der Waals surface area contributed by atoms with Crippen LogP contribution >= 0.6 is 0 Å². The number of rotatable bonds is 6. The zero-order chi connectivity index (χ0) is 12.1. The molecular formula is C14H19N3. The second-order valence-corrected chi connectivity index (χ2v) is 4.81. The summed E-state index contributed by atoms with van der Waals surface area (Å²) in [6, 6.07) is 6.95. The fourth-order valence-electron chi connectivity index (χ4n) is 2.22. The van der Waals surface area contributed by atoms with Gasteiger partial charge in [-0.15, -0.1) is 0 Å². The van der Waals surface area contributed by atoms with Gasteiger partial charge in [-0.3, -0.25) is 9.88 Å². The average Bonchev–Trinajstić information content (AvgIpc) is 3.19. The molecule has 1 heterocycles. The summed E-state index contributed by atoms with van der Waals surface area (Å²) in [4.78, 5) is 6.46. The largest absolute Gasteiger partial charge is 0.295 e. The molecule has 3 heteroatoms. The minimum atomic E-state index is 0.594. The fraction of sp³-hybridized carbons (Fsp3) is 0.571. The lowest BCUT2D eigenvalue weighted by Gasteiger charge is -2.28. The van der Waals surface area contributed by atoms with Crippen LogP contribution in [0.2, 0.25) is 0 Å². The molecule has 0 radical (unpaired) electrons. The Morgan fingerprint density at radius 2 is 2.18 bits per heavy atom. The number of hydrogen-bond donors (Lipinski definition) is 0. The maximum Gasteiger partial charge on any atom is 0.0635 e. The van der Waals surface area contributed by atoms with E-state index in [-0.39, 0.29) is 0 Å². The Labute approximate surface area is 103 Å². The molecule has 17 heavy (non-hydrogen) atoms. The molecule has 1 aromatic rings. The lowest BCUT2D eigenvalue weighted by molar-refractivity contribution is 0.185. The Hall–Kier alpha value is -1.40. The first-order valence-corrected chi connectivity index (χ1v) is 6.31. The van der Waals surface area contributed by atoms with Crippen LogP contribution in [0.5, 0.6) is 0 Å². The smallest absolute Gasteiger partial charge is 0.0635 e. The maximum absolute atomic E-state index is 8.73. The first kappa shape index (κ1) is 12.1. The summed E-state index contributed by atoms with van der Waals surface area (Å²) in [6.45, 7) is 4.09. The number of aromatic nitrogens is 1. The molecule has 3 nitrogen and oxygen atoms in total. The number of nitrogens with zero attached hydrogens (tertiary/aromatic N) is 3. The molecule has 0 N–H and O–H groups in total. The van der Waals surface area contributed by atoms with Crippen molar-refractivity contribution in [2.75, 3.05) is 6.54 Å². The monoisotopic (exact) mass is 229 g/mol. The van der Waals surface area contributed by atoms with Crippen molar-refractivity contribution in [2.45, 2.75) is 38.8 Å². The van der Waals surface area contributed by atoms with Gasteiger partial charge in [0.1, 0.15) is 0 Å². The van der Waals surface area contributed by atoms with E-state index >= 15 is 0 Å². The van der Waals surface area contributed by atoms with Gasteiger partial charge in [0.15, 0.2) is 0 Å². The van der Waals surface area contributed by atoms with Gasteiger partial charge in [0.05, 0.1) is 6.07 Å². The van der Waals surface area contributed by atoms with Gasteiger partial charge in [0, 0.05) is 37.9 Å². The Morgan fingerprint density at radius 3 is 2.76 bits per heavy atom. The molecule has 1 aliphatic rings. The molecule has 1 atom stereocenters. The molecule has 0 aliphatic heterocycles. The summed E-state index contributed by atoms with van der Waals surface area (Å²) in [5, 5.41) is 8.73. The normalized spacial score (nSPS) is 16.8. The van der Waals surface area contributed by atoms with E-state index in [0.29, 0.717) is 12.5 Å². The number of nitriles is 1. The third kappa shape index (κ3) is 3.54. The molecule has 0 unspecified atom stereocenters. The van der Waals surface area contributed by atoms with E-state index < -0.39 is 0 Å². The highest BCUT2D eigenvalue weighted by Gasteiger charge is 2.31. The SMILES string of the molecule is C[C@H](C1CC1)N(CCC#N)Cc1ccncc1. The summed E-state index contributed by atoms with van der Waals surface area (Å²) in [7, 11) is 0. The summed E-state index contributed by atoms with van der Waals surface area (Å²) < 4.78 is 0. The first-order valence-electron chi connectivity index (χ1n) is 6.31. The lowest BCUT2D eigenvalue weighted by Crippen LogP contribution is -2.34. The molecule has 0 amide bonds. The third-order valence-electron chi connectivity index (χ3n) is 3.53. The zero-order valence-electron chi connectivity index (χ0n) is 10.3. The van der Waals surface area contributed by atoms with Gasteiger partial charge < -0.3 is 0 Å². The average molecular weight is 229 g/mol. The highest BCUT2D eigenvalue weighted by Crippen LogP contribution is 2.35. The van der Waals surface area contributed by atoms with Crippen LogP contribution in [0.3, 0.4) is 0 Å². The van der Waals surface area contributed by atoms with E-state index in [4.69, 9.17) is 5.26 Å². The molecule has 0 spiro atoms. The van der Waals surface area contributed by atoms with E-state index in [1.54, 1.807) is 0 Å². The van der Waals surface area contributed by atoms with Crippen LogP contribution < -0.4 is 0 Å². The van der Waals surface area contributed by atoms with Gasteiger partial charge in [-0.05, 0) is 43.4 Å². The van der Waals surface area contributed by atoms with Gasteiger partial charge in [-0.2, -0.15) is 5.26 Å². The third-order valence-corrected chi connectivity index (χ3v) is 3.53. The van der Waals surface area contributed by atoms with Crippen LogP contribution in [-0.2, 0) is 6.54 Å². The molecule has 0 aromatic carbocycles. The van der Waals surface area contributed by atoms with Gasteiger partial charge >= 0.3 is 0 Å². The Kier molecular flexibility index (Phi) is 4.11. The van der Waals surface area contributed by atoms with Crippen molar-refractivity contribution < 1.29 is 0 Å². The molecule has 1 saturated carbocycles. The van der Waals surface area contributed by atoms with Crippen molar-refractivity contribution in [2.24, 2.45) is 5.92 Å². The quantitative estimate of drug-likeness (QED) is 0.752. The number of hydrogen-bond acceptors (Lipinski definition) is 3. The highest BCUT2D eigenvalue weighted by molar-refractivity contribution is 5.10. The summed E-state index contributed by atoms with van der Waals surface area (Å²) in [5.74, 6) is 0.843. The molecule has 2 rings (SSSR count). The van der Waals surface area contributed by atoms with Crippen molar-refractivity contribution in [3.63, 3.8) is 0 Å². The molecular weight excluding hydrogens is 210 g/mol. The predicted octanol–water partition coefficient (Wildman–Crippen LogP) is 2.60. The van der Waals surface area contributed by atoms with Gasteiger partial charge in [0.2, 0.25) is 0 Å². The van der Waals surface area contributed by atoms with E-state index in [2.05, 4.69) is 35.0 Å². The lowest BCUT2D eigenvalue weighted by atomic mass is 10.1. The van der Waals surface area contributed by atoms with Gasteiger partial charge in [0.25, 0.3) is 0 Å². The maximum atomic E-state index is 8.73. The second kappa shape index (κ2) is 5.79. The van der Waals surface area contributed by atoms with Crippen molar-refractivity contribution in [3.05, 3.63) is 30.1 Å². The molecule has 0 bridgehead atoms. The van der Waals surface area contributed by atoms with Crippen LogP contribution in [-0.4, -0.2) is 22.5 Å². The van der Waals surface area contributed by atoms with Crippen LogP contribution in [0.15, 0.2) is 24.5 Å². The van der Waals surface area contributed by atoms with E-state index in [0.717, 1.165) is 19.0 Å². The zero-order valence-corrected chi connectivity index (χ0v) is 10.3. The summed E-state index contributed by atoms with van der Waals surface area (Å²) in [6.07, 6.45) is 6.97.